The molecule has 2 aromatic rings. The second kappa shape index (κ2) is 6.49. The molecule has 3 rings (SSSR count). The van der Waals surface area contributed by atoms with Crippen LogP contribution in [0.5, 0.6) is 0 Å². The van der Waals surface area contributed by atoms with Gasteiger partial charge in [-0.15, -0.1) is 0 Å². The van der Waals surface area contributed by atoms with E-state index in [1.54, 1.807) is 6.08 Å². The minimum Gasteiger partial charge on any atom is -0.402 e. The standard InChI is InChI=1S/C17H11I2NO2/c1-10-8-12(4-7-14(10)19)16-20-15(17(21)22-16)9-11-2-5-13(18)6-3-11/h2-9H,1H3/b15-9-. The number of aliphatic imine (C=N–C) groups is 1. The van der Waals surface area contributed by atoms with Crippen molar-refractivity contribution in [1.82, 2.24) is 0 Å². The van der Waals surface area contributed by atoms with Crippen LogP contribution in [-0.4, -0.2) is 11.9 Å². The second-order valence-corrected chi connectivity index (χ2v) is 7.26. The van der Waals surface area contributed by atoms with Gasteiger partial charge >= 0.3 is 5.97 Å². The zero-order valence-electron chi connectivity index (χ0n) is 11.6. The van der Waals surface area contributed by atoms with E-state index in [9.17, 15) is 4.79 Å². The van der Waals surface area contributed by atoms with Gasteiger partial charge in [0.1, 0.15) is 0 Å². The van der Waals surface area contributed by atoms with Gasteiger partial charge in [-0.05, 0) is 99.6 Å². The Morgan fingerprint density at radius 3 is 2.50 bits per heavy atom. The first-order valence-electron chi connectivity index (χ1n) is 6.57. The van der Waals surface area contributed by atoms with E-state index < -0.39 is 5.97 Å². The second-order valence-electron chi connectivity index (χ2n) is 4.85. The maximum absolute atomic E-state index is 12.0. The van der Waals surface area contributed by atoms with Crippen molar-refractivity contribution in [1.29, 1.82) is 0 Å². The van der Waals surface area contributed by atoms with Gasteiger partial charge in [0.15, 0.2) is 5.70 Å². The van der Waals surface area contributed by atoms with Gasteiger partial charge in [0, 0.05) is 12.7 Å². The molecule has 1 heterocycles. The summed E-state index contributed by atoms with van der Waals surface area (Å²) >= 11 is 4.51. The van der Waals surface area contributed by atoms with Gasteiger partial charge in [0.05, 0.1) is 0 Å². The minimum atomic E-state index is -0.412. The quantitative estimate of drug-likeness (QED) is 0.335. The van der Waals surface area contributed by atoms with Crippen LogP contribution >= 0.6 is 45.2 Å². The Hall–Kier alpha value is -1.22. The number of esters is 1. The number of ether oxygens (including phenoxy) is 1. The predicted octanol–water partition coefficient (Wildman–Crippen LogP) is 4.55. The summed E-state index contributed by atoms with van der Waals surface area (Å²) in [7, 11) is 0. The van der Waals surface area contributed by atoms with Crippen molar-refractivity contribution >= 4 is 63.1 Å². The van der Waals surface area contributed by atoms with Gasteiger partial charge in [-0.2, -0.15) is 0 Å². The van der Waals surface area contributed by atoms with E-state index in [2.05, 4.69) is 50.2 Å². The summed E-state index contributed by atoms with van der Waals surface area (Å²) in [5.74, 6) is -0.0500. The van der Waals surface area contributed by atoms with Crippen LogP contribution in [0.1, 0.15) is 16.7 Å². The lowest BCUT2D eigenvalue weighted by Crippen LogP contribution is -2.05. The number of hydrogen-bond donors (Lipinski definition) is 0. The average Bonchev–Trinajstić information content (AvgIpc) is 2.85. The lowest BCUT2D eigenvalue weighted by Gasteiger charge is -2.02. The van der Waals surface area contributed by atoms with E-state index in [4.69, 9.17) is 4.74 Å². The lowest BCUT2D eigenvalue weighted by molar-refractivity contribution is -0.129. The highest BCUT2D eigenvalue weighted by atomic mass is 127. The highest BCUT2D eigenvalue weighted by Crippen LogP contribution is 2.21. The van der Waals surface area contributed by atoms with Crippen LogP contribution in [0.2, 0.25) is 0 Å². The molecule has 0 unspecified atom stereocenters. The van der Waals surface area contributed by atoms with E-state index in [1.165, 1.54) is 3.57 Å². The van der Waals surface area contributed by atoms with Gasteiger partial charge in [-0.3, -0.25) is 0 Å². The smallest absolute Gasteiger partial charge is 0.363 e. The molecular weight excluding hydrogens is 504 g/mol. The van der Waals surface area contributed by atoms with Crippen LogP contribution in [0.3, 0.4) is 0 Å². The molecule has 0 radical (unpaired) electrons. The van der Waals surface area contributed by atoms with Gasteiger partial charge in [0.25, 0.3) is 0 Å². The van der Waals surface area contributed by atoms with Crippen molar-refractivity contribution in [3.05, 3.63) is 72.0 Å². The van der Waals surface area contributed by atoms with Crippen molar-refractivity contribution in [2.75, 3.05) is 0 Å². The fourth-order valence-electron chi connectivity index (χ4n) is 2.03. The number of carbonyl (C=O) groups excluding carboxylic acids is 1. The highest BCUT2D eigenvalue weighted by Gasteiger charge is 2.24. The highest BCUT2D eigenvalue weighted by molar-refractivity contribution is 14.1. The molecule has 0 aliphatic carbocycles. The number of nitrogens with zero attached hydrogens (tertiary/aromatic N) is 1. The number of carbonyl (C=O) groups is 1. The first kappa shape index (κ1) is 15.7. The Bertz CT molecular complexity index is 808. The van der Waals surface area contributed by atoms with Gasteiger partial charge < -0.3 is 4.74 Å². The third-order valence-corrected chi connectivity index (χ3v) is 5.13. The zero-order valence-corrected chi connectivity index (χ0v) is 16.0. The molecule has 1 aliphatic heterocycles. The lowest BCUT2D eigenvalue weighted by atomic mass is 10.1. The van der Waals surface area contributed by atoms with Crippen molar-refractivity contribution in [3.8, 4) is 0 Å². The molecule has 1 aliphatic rings. The van der Waals surface area contributed by atoms with E-state index in [-0.39, 0.29) is 0 Å². The first-order chi connectivity index (χ1) is 10.5. The maximum atomic E-state index is 12.0. The molecule has 0 bridgehead atoms. The van der Waals surface area contributed by atoms with Crippen LogP contribution < -0.4 is 0 Å². The summed E-state index contributed by atoms with van der Waals surface area (Å²) in [6, 6.07) is 13.7. The summed E-state index contributed by atoms with van der Waals surface area (Å²) in [6.45, 7) is 2.02. The number of rotatable bonds is 2. The minimum absolute atomic E-state index is 0.326. The Morgan fingerprint density at radius 1 is 1.09 bits per heavy atom. The third kappa shape index (κ3) is 3.40. The number of benzene rings is 2. The maximum Gasteiger partial charge on any atom is 0.363 e. The number of cyclic esters (lactones) is 1. The average molecular weight is 515 g/mol. The van der Waals surface area contributed by atoms with Crippen molar-refractivity contribution in [2.45, 2.75) is 6.92 Å². The van der Waals surface area contributed by atoms with Crippen molar-refractivity contribution in [3.63, 3.8) is 0 Å². The van der Waals surface area contributed by atoms with E-state index in [0.29, 0.717) is 11.6 Å². The summed E-state index contributed by atoms with van der Waals surface area (Å²) in [5, 5.41) is 0. The molecule has 0 amide bonds. The summed E-state index contributed by atoms with van der Waals surface area (Å²) < 4.78 is 7.60. The Labute approximate surface area is 155 Å². The predicted molar refractivity (Wildman–Crippen MR) is 104 cm³/mol. The molecule has 0 atom stereocenters. The largest absolute Gasteiger partial charge is 0.402 e. The van der Waals surface area contributed by atoms with Gasteiger partial charge in [-0.1, -0.05) is 12.1 Å². The van der Waals surface area contributed by atoms with E-state index in [1.807, 2.05) is 49.4 Å². The summed E-state index contributed by atoms with van der Waals surface area (Å²) in [6.07, 6.45) is 1.74. The molecule has 110 valence electrons. The molecule has 0 fully saturated rings. The molecule has 22 heavy (non-hydrogen) atoms. The summed E-state index contributed by atoms with van der Waals surface area (Å²) in [4.78, 5) is 16.3. The molecule has 0 saturated carbocycles. The van der Waals surface area contributed by atoms with Crippen LogP contribution in [0.4, 0.5) is 0 Å². The Balaban J connectivity index is 1.94. The van der Waals surface area contributed by atoms with Crippen LogP contribution in [0, 0.1) is 14.1 Å². The van der Waals surface area contributed by atoms with Crippen molar-refractivity contribution in [2.24, 2.45) is 4.99 Å². The topological polar surface area (TPSA) is 38.7 Å². The first-order valence-corrected chi connectivity index (χ1v) is 8.73. The molecule has 0 saturated heterocycles. The van der Waals surface area contributed by atoms with Gasteiger partial charge in [0.2, 0.25) is 5.90 Å². The van der Waals surface area contributed by atoms with E-state index in [0.717, 1.165) is 20.3 Å². The molecule has 5 heteroatoms. The number of halogens is 2. The van der Waals surface area contributed by atoms with Gasteiger partial charge in [-0.25, -0.2) is 9.79 Å². The molecule has 2 aromatic carbocycles. The SMILES string of the molecule is Cc1cc(C2=N/C(=C\c3ccc(I)cc3)C(=O)O2)ccc1I. The Morgan fingerprint density at radius 2 is 1.82 bits per heavy atom. The molecule has 0 aromatic heterocycles. The number of aryl methyl sites for hydroxylation is 1. The molecule has 0 spiro atoms. The van der Waals surface area contributed by atoms with Crippen LogP contribution in [0.15, 0.2) is 53.2 Å². The molecule has 0 N–H and O–H groups in total. The normalized spacial score (nSPS) is 15.9. The third-order valence-electron chi connectivity index (χ3n) is 3.20. The fraction of sp³-hybridized carbons (Fsp3) is 0.0588. The molecule has 3 nitrogen and oxygen atoms in total. The molecular formula is C17H11I2NO2. The van der Waals surface area contributed by atoms with Crippen LogP contribution in [0.25, 0.3) is 6.08 Å². The Kier molecular flexibility index (Phi) is 4.62. The monoisotopic (exact) mass is 515 g/mol. The summed E-state index contributed by atoms with van der Waals surface area (Å²) in [5.41, 5.74) is 3.20. The van der Waals surface area contributed by atoms with Crippen molar-refractivity contribution < 1.29 is 9.53 Å². The zero-order chi connectivity index (χ0) is 15.7. The van der Waals surface area contributed by atoms with Crippen LogP contribution in [-0.2, 0) is 9.53 Å². The van der Waals surface area contributed by atoms with E-state index >= 15 is 0 Å². The fourth-order valence-corrected chi connectivity index (χ4v) is 2.72. The number of hydrogen-bond acceptors (Lipinski definition) is 3.